The summed E-state index contributed by atoms with van der Waals surface area (Å²) in [6.45, 7) is 0. The third-order valence-electron chi connectivity index (χ3n) is 3.40. The molecule has 2 amide bonds. The van der Waals surface area contributed by atoms with Crippen molar-refractivity contribution in [3.8, 4) is 0 Å². The third kappa shape index (κ3) is 3.19. The largest absolute Gasteiger partial charge is 0.268 e. The number of hydrogen-bond donors (Lipinski definition) is 0. The average Bonchev–Trinajstić information content (AvgIpc) is 2.64. The van der Waals surface area contributed by atoms with Crippen molar-refractivity contribution in [3.05, 3.63) is 95.1 Å². The molecule has 3 rings (SSSR count). The molecular formula is C19H13ClN2O2. The van der Waals surface area contributed by atoms with Gasteiger partial charge in [-0.1, -0.05) is 48.0 Å². The molecule has 0 saturated carbocycles. The fourth-order valence-corrected chi connectivity index (χ4v) is 2.45. The second-order valence-electron chi connectivity index (χ2n) is 4.99. The van der Waals surface area contributed by atoms with Gasteiger partial charge < -0.3 is 0 Å². The highest BCUT2D eigenvalue weighted by molar-refractivity contribution is 6.36. The van der Waals surface area contributed by atoms with Gasteiger partial charge in [0, 0.05) is 17.3 Å². The van der Waals surface area contributed by atoms with E-state index in [4.69, 9.17) is 11.6 Å². The zero-order valence-electron chi connectivity index (χ0n) is 12.6. The summed E-state index contributed by atoms with van der Waals surface area (Å²) in [6.07, 6.45) is 1.49. The van der Waals surface area contributed by atoms with Gasteiger partial charge in [-0.05, 0) is 36.4 Å². The van der Waals surface area contributed by atoms with E-state index in [1.165, 1.54) is 6.20 Å². The summed E-state index contributed by atoms with van der Waals surface area (Å²) in [6, 6.07) is 20.3. The van der Waals surface area contributed by atoms with Gasteiger partial charge in [-0.25, -0.2) is 9.88 Å². The fraction of sp³-hybridized carbons (Fsp3) is 0. The number of benzene rings is 2. The number of nitrogens with zero attached hydrogens (tertiary/aromatic N) is 2. The van der Waals surface area contributed by atoms with Gasteiger partial charge in [0.2, 0.25) is 0 Å². The molecule has 0 N–H and O–H groups in total. The van der Waals surface area contributed by atoms with E-state index in [9.17, 15) is 9.59 Å². The van der Waals surface area contributed by atoms with Gasteiger partial charge in [0.05, 0.1) is 5.02 Å². The number of imide groups is 1. The molecule has 24 heavy (non-hydrogen) atoms. The van der Waals surface area contributed by atoms with Crippen LogP contribution in [0.4, 0.5) is 5.82 Å². The molecule has 0 saturated heterocycles. The molecule has 0 aliphatic heterocycles. The van der Waals surface area contributed by atoms with Gasteiger partial charge in [-0.3, -0.25) is 9.59 Å². The number of carbonyl (C=O) groups is 2. The van der Waals surface area contributed by atoms with Crippen LogP contribution in [0.2, 0.25) is 5.02 Å². The van der Waals surface area contributed by atoms with Crippen LogP contribution >= 0.6 is 11.6 Å². The molecule has 5 heteroatoms. The van der Waals surface area contributed by atoms with E-state index in [2.05, 4.69) is 4.98 Å². The van der Waals surface area contributed by atoms with Crippen LogP contribution in [0.3, 0.4) is 0 Å². The molecule has 4 nitrogen and oxygen atoms in total. The van der Waals surface area contributed by atoms with Crippen molar-refractivity contribution < 1.29 is 9.59 Å². The molecule has 0 radical (unpaired) electrons. The molecule has 0 bridgehead atoms. The van der Waals surface area contributed by atoms with E-state index in [1.807, 2.05) is 0 Å². The molecule has 0 aliphatic rings. The molecule has 0 fully saturated rings. The summed E-state index contributed by atoms with van der Waals surface area (Å²) < 4.78 is 0. The molecule has 2 aromatic carbocycles. The van der Waals surface area contributed by atoms with Gasteiger partial charge in [-0.2, -0.15) is 0 Å². The quantitative estimate of drug-likeness (QED) is 0.673. The van der Waals surface area contributed by atoms with Crippen molar-refractivity contribution >= 4 is 29.2 Å². The summed E-state index contributed by atoms with van der Waals surface area (Å²) in [4.78, 5) is 31.0. The fourth-order valence-electron chi connectivity index (χ4n) is 2.25. The number of amides is 2. The lowest BCUT2D eigenvalue weighted by atomic mass is 10.1. The van der Waals surface area contributed by atoms with Gasteiger partial charge in [0.1, 0.15) is 0 Å². The summed E-state index contributed by atoms with van der Waals surface area (Å²) in [5, 5.41) is 0.228. The Balaban J connectivity index is 2.10. The molecule has 0 unspecified atom stereocenters. The van der Waals surface area contributed by atoms with Crippen molar-refractivity contribution in [1.82, 2.24) is 4.98 Å². The van der Waals surface area contributed by atoms with Crippen LogP contribution in [0, 0.1) is 0 Å². The van der Waals surface area contributed by atoms with E-state index < -0.39 is 11.8 Å². The summed E-state index contributed by atoms with van der Waals surface area (Å²) >= 11 is 6.17. The minimum atomic E-state index is -0.481. The van der Waals surface area contributed by atoms with Crippen molar-refractivity contribution in [2.45, 2.75) is 0 Å². The average molecular weight is 337 g/mol. The number of rotatable bonds is 3. The predicted octanol–water partition coefficient (Wildman–Crippen LogP) is 4.22. The number of anilines is 1. The minimum absolute atomic E-state index is 0.113. The van der Waals surface area contributed by atoms with Crippen LogP contribution in [0.5, 0.6) is 0 Å². The summed E-state index contributed by atoms with van der Waals surface area (Å²) in [7, 11) is 0. The van der Waals surface area contributed by atoms with Gasteiger partial charge in [-0.15, -0.1) is 0 Å². The molecule has 1 heterocycles. The topological polar surface area (TPSA) is 50.3 Å². The van der Waals surface area contributed by atoms with E-state index in [0.717, 1.165) is 4.90 Å². The SMILES string of the molecule is O=C(c1ccccc1)N(C(=O)c1ccccc1)c1ncccc1Cl. The Morgan fingerprint density at radius 1 is 0.750 bits per heavy atom. The maximum Gasteiger partial charge on any atom is 0.266 e. The van der Waals surface area contributed by atoms with Crippen LogP contribution in [0.25, 0.3) is 0 Å². The molecule has 0 aliphatic carbocycles. The highest BCUT2D eigenvalue weighted by Crippen LogP contribution is 2.25. The third-order valence-corrected chi connectivity index (χ3v) is 3.69. The number of pyridine rings is 1. The standard InChI is InChI=1S/C19H13ClN2O2/c20-16-12-7-13-21-17(16)22(18(23)14-8-3-1-4-9-14)19(24)15-10-5-2-6-11-15/h1-13H. The minimum Gasteiger partial charge on any atom is -0.268 e. The molecule has 1 aromatic heterocycles. The molecular weight excluding hydrogens is 324 g/mol. The lowest BCUT2D eigenvalue weighted by molar-refractivity contribution is 0.0896. The Hall–Kier alpha value is -2.98. The number of carbonyl (C=O) groups excluding carboxylic acids is 2. The van der Waals surface area contributed by atoms with Crippen LogP contribution in [0.15, 0.2) is 79.0 Å². The lowest BCUT2D eigenvalue weighted by Crippen LogP contribution is -2.38. The first-order valence-corrected chi connectivity index (χ1v) is 7.65. The van der Waals surface area contributed by atoms with Crippen molar-refractivity contribution in [2.24, 2.45) is 0 Å². The Bertz CT molecular complexity index is 815. The van der Waals surface area contributed by atoms with E-state index in [-0.39, 0.29) is 10.8 Å². The van der Waals surface area contributed by atoms with Crippen LogP contribution in [-0.4, -0.2) is 16.8 Å². The lowest BCUT2D eigenvalue weighted by Gasteiger charge is -2.21. The highest BCUT2D eigenvalue weighted by Gasteiger charge is 2.28. The molecule has 0 atom stereocenters. The summed E-state index contributed by atoms with van der Waals surface area (Å²) in [5.41, 5.74) is 0.756. The van der Waals surface area contributed by atoms with Gasteiger partial charge in [0.25, 0.3) is 11.8 Å². The zero-order valence-corrected chi connectivity index (χ0v) is 13.4. The Morgan fingerprint density at radius 3 is 1.71 bits per heavy atom. The van der Waals surface area contributed by atoms with Crippen molar-refractivity contribution in [2.75, 3.05) is 4.90 Å². The molecule has 0 spiro atoms. The maximum atomic E-state index is 12.9. The van der Waals surface area contributed by atoms with Crippen molar-refractivity contribution in [1.29, 1.82) is 0 Å². The van der Waals surface area contributed by atoms with E-state index in [0.29, 0.717) is 11.1 Å². The predicted molar refractivity (Wildman–Crippen MR) is 93.3 cm³/mol. The Kier molecular flexibility index (Phi) is 4.68. The zero-order chi connectivity index (χ0) is 16.9. The van der Waals surface area contributed by atoms with E-state index in [1.54, 1.807) is 72.8 Å². The molecule has 3 aromatic rings. The maximum absolute atomic E-state index is 12.9. The smallest absolute Gasteiger partial charge is 0.266 e. The van der Waals surface area contributed by atoms with Gasteiger partial charge >= 0.3 is 0 Å². The number of hydrogen-bond acceptors (Lipinski definition) is 3. The van der Waals surface area contributed by atoms with Crippen molar-refractivity contribution in [3.63, 3.8) is 0 Å². The second kappa shape index (κ2) is 7.06. The number of halogens is 1. The van der Waals surface area contributed by atoms with Crippen LogP contribution in [-0.2, 0) is 0 Å². The first-order valence-electron chi connectivity index (χ1n) is 7.28. The van der Waals surface area contributed by atoms with Crippen LogP contribution < -0.4 is 4.90 Å². The molecule has 118 valence electrons. The normalized spacial score (nSPS) is 10.2. The van der Waals surface area contributed by atoms with Gasteiger partial charge in [0.15, 0.2) is 5.82 Å². The first kappa shape index (κ1) is 15.9. The second-order valence-corrected chi connectivity index (χ2v) is 5.39. The van der Waals surface area contributed by atoms with E-state index >= 15 is 0 Å². The Labute approximate surface area is 144 Å². The Morgan fingerprint density at radius 2 is 1.25 bits per heavy atom. The number of aromatic nitrogens is 1. The van der Waals surface area contributed by atoms with Crippen LogP contribution in [0.1, 0.15) is 20.7 Å². The highest BCUT2D eigenvalue weighted by atomic mass is 35.5. The first-order chi connectivity index (χ1) is 11.7. The monoisotopic (exact) mass is 336 g/mol. The summed E-state index contributed by atoms with van der Waals surface area (Å²) in [5.74, 6) is -0.850.